The summed E-state index contributed by atoms with van der Waals surface area (Å²) in [7, 11) is 0. The molecule has 0 saturated heterocycles. The summed E-state index contributed by atoms with van der Waals surface area (Å²) < 4.78 is 5.72. The molecule has 3 heteroatoms. The smallest absolute Gasteiger partial charge is 0.339 e. The molecule has 31 heavy (non-hydrogen) atoms. The molecule has 0 aliphatic carbocycles. The zero-order valence-electron chi connectivity index (χ0n) is 20.6. The highest BCUT2D eigenvalue weighted by molar-refractivity contribution is 5.90. The van der Waals surface area contributed by atoms with Crippen molar-refractivity contribution >= 4 is 5.97 Å². The van der Waals surface area contributed by atoms with E-state index in [2.05, 4.69) is 60.3 Å². The number of benzene rings is 2. The van der Waals surface area contributed by atoms with E-state index in [1.807, 2.05) is 39.0 Å². The average Bonchev–Trinajstić information content (AvgIpc) is 2.61. The van der Waals surface area contributed by atoms with Crippen molar-refractivity contribution in [3.8, 4) is 11.5 Å². The van der Waals surface area contributed by atoms with Crippen LogP contribution in [0.2, 0.25) is 0 Å². The van der Waals surface area contributed by atoms with Crippen molar-refractivity contribution in [2.24, 2.45) is 5.41 Å². The number of phenolic OH excluding ortho intramolecular Hbond substituents is 1. The normalized spacial score (nSPS) is 12.5. The van der Waals surface area contributed by atoms with Crippen molar-refractivity contribution in [1.29, 1.82) is 0 Å². The molecular formula is C28H38O3. The van der Waals surface area contributed by atoms with Crippen molar-refractivity contribution in [3.05, 3.63) is 70.8 Å². The maximum Gasteiger partial charge on any atom is 0.339 e. The van der Waals surface area contributed by atoms with Crippen LogP contribution in [0.25, 0.3) is 0 Å². The summed E-state index contributed by atoms with van der Waals surface area (Å²) in [4.78, 5) is 12.6. The molecule has 0 unspecified atom stereocenters. The van der Waals surface area contributed by atoms with Crippen molar-refractivity contribution in [2.45, 2.75) is 79.6 Å². The van der Waals surface area contributed by atoms with E-state index in [9.17, 15) is 9.90 Å². The van der Waals surface area contributed by atoms with E-state index in [1.54, 1.807) is 6.07 Å². The van der Waals surface area contributed by atoms with Crippen molar-refractivity contribution in [2.75, 3.05) is 0 Å². The van der Waals surface area contributed by atoms with Gasteiger partial charge in [0.15, 0.2) is 0 Å². The lowest BCUT2D eigenvalue weighted by molar-refractivity contribution is -0.131. The monoisotopic (exact) mass is 422 g/mol. The van der Waals surface area contributed by atoms with Gasteiger partial charge in [-0.3, -0.25) is 0 Å². The Morgan fingerprint density at radius 1 is 0.903 bits per heavy atom. The van der Waals surface area contributed by atoms with Gasteiger partial charge < -0.3 is 9.84 Å². The highest BCUT2D eigenvalue weighted by Crippen LogP contribution is 2.39. The van der Waals surface area contributed by atoms with Crippen molar-refractivity contribution in [1.82, 2.24) is 0 Å². The first-order valence-corrected chi connectivity index (χ1v) is 10.9. The van der Waals surface area contributed by atoms with E-state index >= 15 is 0 Å². The molecule has 2 aromatic rings. The van der Waals surface area contributed by atoms with Gasteiger partial charge in [-0.2, -0.15) is 0 Å². The van der Waals surface area contributed by atoms with Gasteiger partial charge in [0, 0.05) is 12.0 Å². The van der Waals surface area contributed by atoms with Gasteiger partial charge in [0.05, 0.1) is 0 Å². The molecule has 0 saturated carbocycles. The van der Waals surface area contributed by atoms with E-state index in [0.29, 0.717) is 23.5 Å². The van der Waals surface area contributed by atoms with Gasteiger partial charge in [-0.25, -0.2) is 4.79 Å². The Morgan fingerprint density at radius 3 is 2.00 bits per heavy atom. The number of para-hydroxylation sites is 1. The summed E-state index contributed by atoms with van der Waals surface area (Å²) in [5.74, 6) is 0.375. The fourth-order valence-electron chi connectivity index (χ4n) is 3.26. The van der Waals surface area contributed by atoms with Gasteiger partial charge >= 0.3 is 5.97 Å². The van der Waals surface area contributed by atoms with E-state index in [-0.39, 0.29) is 16.2 Å². The molecule has 0 spiro atoms. The van der Waals surface area contributed by atoms with Crippen LogP contribution in [0.3, 0.4) is 0 Å². The third-order valence-electron chi connectivity index (χ3n) is 5.57. The number of carbonyl (C=O) groups is 1. The molecule has 0 aliphatic heterocycles. The largest absolute Gasteiger partial charge is 0.507 e. The molecule has 3 nitrogen and oxygen atoms in total. The maximum absolute atomic E-state index is 12.6. The first-order chi connectivity index (χ1) is 14.0. The van der Waals surface area contributed by atoms with E-state index < -0.39 is 5.97 Å². The summed E-state index contributed by atoms with van der Waals surface area (Å²) in [6.07, 6.45) is 0.463. The zero-order valence-corrected chi connectivity index (χ0v) is 20.6. The molecule has 0 bridgehead atoms. The van der Waals surface area contributed by atoms with Gasteiger partial charge in [-0.05, 0) is 44.6 Å². The second kappa shape index (κ2) is 8.53. The maximum atomic E-state index is 12.6. The Hall–Kier alpha value is -2.55. The number of esters is 1. The number of ether oxygens (including phenoxy) is 1. The third-order valence-corrected chi connectivity index (χ3v) is 5.57. The molecule has 0 aliphatic rings. The van der Waals surface area contributed by atoms with E-state index in [1.165, 1.54) is 5.56 Å². The summed E-state index contributed by atoms with van der Waals surface area (Å²) >= 11 is 0. The second-order valence-electron chi connectivity index (χ2n) is 11.4. The number of hydrogen-bond acceptors (Lipinski definition) is 3. The first kappa shape index (κ1) is 24.7. The summed E-state index contributed by atoms with van der Waals surface area (Å²) in [6, 6.07) is 11.7. The van der Waals surface area contributed by atoms with Crippen LogP contribution in [-0.4, -0.2) is 11.1 Å². The van der Waals surface area contributed by atoms with Gasteiger partial charge in [-0.15, -0.1) is 0 Å². The average molecular weight is 423 g/mol. The van der Waals surface area contributed by atoms with Crippen LogP contribution in [0, 0.1) is 5.41 Å². The standard InChI is InChI=1S/C28H38O3/c1-18(26(2,3)4)25(30)31-23-14-12-11-13-19(23)15-20-16-21(27(5,6)7)17-22(24(20)29)28(8,9)10/h11-14,16-17,29H,1,15H2,2-10H3. The highest BCUT2D eigenvalue weighted by Gasteiger charge is 2.26. The Balaban J connectivity index is 2.50. The second-order valence-corrected chi connectivity index (χ2v) is 11.4. The number of aromatic hydroxyl groups is 1. The van der Waals surface area contributed by atoms with Crippen molar-refractivity contribution in [3.63, 3.8) is 0 Å². The van der Waals surface area contributed by atoms with Gasteiger partial charge in [0.25, 0.3) is 0 Å². The van der Waals surface area contributed by atoms with Crippen LogP contribution in [-0.2, 0) is 22.0 Å². The number of rotatable bonds is 4. The topological polar surface area (TPSA) is 46.5 Å². The molecule has 0 amide bonds. The predicted octanol–water partition coefficient (Wildman–Crippen LogP) is 7.09. The van der Waals surface area contributed by atoms with Crippen LogP contribution >= 0.6 is 0 Å². The molecule has 2 rings (SSSR count). The number of phenols is 1. The van der Waals surface area contributed by atoms with Gasteiger partial charge in [-0.1, -0.05) is 99.2 Å². The Morgan fingerprint density at radius 2 is 1.48 bits per heavy atom. The number of carbonyl (C=O) groups excluding carboxylic acids is 1. The Bertz CT molecular complexity index is 977. The SMILES string of the molecule is C=C(C(=O)Oc1ccccc1Cc1cc(C(C)(C)C)cc(C(C)(C)C)c1O)C(C)(C)C. The third kappa shape index (κ3) is 6.00. The van der Waals surface area contributed by atoms with Crippen LogP contribution < -0.4 is 4.74 Å². The lowest BCUT2D eigenvalue weighted by atomic mass is 9.78. The molecule has 0 aromatic heterocycles. The molecule has 1 N–H and O–H groups in total. The zero-order chi connectivity index (χ0) is 23.8. The van der Waals surface area contributed by atoms with Crippen LogP contribution in [0.15, 0.2) is 48.6 Å². The lowest BCUT2D eigenvalue weighted by Crippen LogP contribution is -2.21. The molecule has 2 aromatic carbocycles. The van der Waals surface area contributed by atoms with Crippen LogP contribution in [0.5, 0.6) is 11.5 Å². The summed E-state index contributed by atoms with van der Waals surface area (Å²) in [5.41, 5.74) is 3.57. The van der Waals surface area contributed by atoms with Gasteiger partial charge in [0.1, 0.15) is 11.5 Å². The summed E-state index contributed by atoms with van der Waals surface area (Å²) in [5, 5.41) is 11.1. The van der Waals surface area contributed by atoms with E-state index in [0.717, 1.165) is 16.7 Å². The number of hydrogen-bond donors (Lipinski definition) is 1. The van der Waals surface area contributed by atoms with Gasteiger partial charge in [0.2, 0.25) is 0 Å². The molecule has 0 fully saturated rings. The predicted molar refractivity (Wildman–Crippen MR) is 129 cm³/mol. The molecule has 0 atom stereocenters. The minimum absolute atomic E-state index is 0.0567. The minimum Gasteiger partial charge on any atom is -0.507 e. The summed E-state index contributed by atoms with van der Waals surface area (Å²) in [6.45, 7) is 22.5. The fourth-order valence-corrected chi connectivity index (χ4v) is 3.26. The molecule has 0 heterocycles. The van der Waals surface area contributed by atoms with Crippen LogP contribution in [0.1, 0.15) is 84.6 Å². The minimum atomic E-state index is -0.428. The quantitative estimate of drug-likeness (QED) is 0.325. The van der Waals surface area contributed by atoms with E-state index in [4.69, 9.17) is 4.74 Å². The molecule has 168 valence electrons. The van der Waals surface area contributed by atoms with Crippen LogP contribution in [0.4, 0.5) is 0 Å². The Kier molecular flexibility index (Phi) is 6.80. The highest BCUT2D eigenvalue weighted by atomic mass is 16.5. The van der Waals surface area contributed by atoms with Crippen molar-refractivity contribution < 1.29 is 14.6 Å². The Labute approximate surface area is 188 Å². The molecular weight excluding hydrogens is 384 g/mol. The molecule has 0 radical (unpaired) electrons. The first-order valence-electron chi connectivity index (χ1n) is 10.9. The lowest BCUT2D eigenvalue weighted by Gasteiger charge is -2.27. The fraction of sp³-hybridized carbons (Fsp3) is 0.464.